The highest BCUT2D eigenvalue weighted by molar-refractivity contribution is 5.94. The van der Waals surface area contributed by atoms with Gasteiger partial charge in [0.1, 0.15) is 0 Å². The summed E-state index contributed by atoms with van der Waals surface area (Å²) in [5.41, 5.74) is -0.288. The molecule has 1 aliphatic rings. The number of halogens is 2. The molecule has 17 heavy (non-hydrogen) atoms. The van der Waals surface area contributed by atoms with Crippen LogP contribution in [0.15, 0.2) is 12.3 Å². The molecule has 0 saturated heterocycles. The van der Waals surface area contributed by atoms with Crippen LogP contribution in [-0.4, -0.2) is 17.4 Å². The zero-order valence-corrected chi connectivity index (χ0v) is 9.38. The molecule has 0 atom stereocenters. The van der Waals surface area contributed by atoms with Gasteiger partial charge in [-0.15, -0.1) is 0 Å². The normalized spacial score (nSPS) is 14.7. The average Bonchev–Trinajstić information content (AvgIpc) is 3.12. The molecule has 0 aromatic carbocycles. The summed E-state index contributed by atoms with van der Waals surface area (Å²) in [7, 11) is 0. The van der Waals surface area contributed by atoms with Gasteiger partial charge in [-0.3, -0.25) is 4.79 Å². The average molecular weight is 240 g/mol. The third-order valence-corrected chi connectivity index (χ3v) is 2.86. The van der Waals surface area contributed by atoms with E-state index in [0.29, 0.717) is 6.54 Å². The maximum atomic E-state index is 13.2. The predicted octanol–water partition coefficient (Wildman–Crippen LogP) is 2.28. The van der Waals surface area contributed by atoms with E-state index in [2.05, 4.69) is 10.3 Å². The topological polar surface area (TPSA) is 42.0 Å². The van der Waals surface area contributed by atoms with Gasteiger partial charge in [0, 0.05) is 12.7 Å². The summed E-state index contributed by atoms with van der Waals surface area (Å²) < 4.78 is 26.0. The van der Waals surface area contributed by atoms with Crippen LogP contribution in [0.1, 0.15) is 36.0 Å². The smallest absolute Gasteiger partial charge is 0.254 e. The fraction of sp³-hybridized carbons (Fsp3) is 0.500. The molecule has 0 aliphatic heterocycles. The third-order valence-electron chi connectivity index (χ3n) is 2.86. The standard InChI is InChI=1S/C12H14F2N2O/c13-10-9(5-7-15-11(10)14)12(17)16-6-1-2-8-3-4-8/h5,7-8H,1-4,6H2,(H,16,17). The molecule has 0 unspecified atom stereocenters. The van der Waals surface area contributed by atoms with Gasteiger partial charge in [-0.05, 0) is 24.8 Å². The molecule has 5 heteroatoms. The van der Waals surface area contributed by atoms with E-state index in [0.717, 1.165) is 25.0 Å². The van der Waals surface area contributed by atoms with Crippen LogP contribution in [-0.2, 0) is 0 Å². The Kier molecular flexibility index (Phi) is 3.66. The van der Waals surface area contributed by atoms with Gasteiger partial charge < -0.3 is 5.32 Å². The Morgan fingerprint density at radius 2 is 2.24 bits per heavy atom. The van der Waals surface area contributed by atoms with E-state index in [1.807, 2.05) is 0 Å². The molecule has 1 heterocycles. The van der Waals surface area contributed by atoms with Crippen molar-refractivity contribution in [3.63, 3.8) is 0 Å². The predicted molar refractivity (Wildman–Crippen MR) is 58.4 cm³/mol. The van der Waals surface area contributed by atoms with Gasteiger partial charge in [0.2, 0.25) is 5.95 Å². The first-order valence-corrected chi connectivity index (χ1v) is 5.76. The highest BCUT2D eigenvalue weighted by Crippen LogP contribution is 2.33. The van der Waals surface area contributed by atoms with Gasteiger partial charge in [0.15, 0.2) is 5.82 Å². The lowest BCUT2D eigenvalue weighted by Gasteiger charge is -2.05. The fourth-order valence-electron chi connectivity index (χ4n) is 1.69. The first-order valence-electron chi connectivity index (χ1n) is 5.76. The third kappa shape index (κ3) is 3.22. The summed E-state index contributed by atoms with van der Waals surface area (Å²) in [4.78, 5) is 14.7. The number of hydrogen-bond donors (Lipinski definition) is 1. The van der Waals surface area contributed by atoms with Gasteiger partial charge >= 0.3 is 0 Å². The minimum Gasteiger partial charge on any atom is -0.352 e. The Hall–Kier alpha value is -1.52. The molecular formula is C12H14F2N2O. The quantitative estimate of drug-likeness (QED) is 0.633. The summed E-state index contributed by atoms with van der Waals surface area (Å²) in [5, 5.41) is 2.58. The van der Waals surface area contributed by atoms with Crippen molar-refractivity contribution in [2.24, 2.45) is 5.92 Å². The summed E-state index contributed by atoms with van der Waals surface area (Å²) in [6, 6.07) is 1.18. The van der Waals surface area contributed by atoms with Crippen molar-refractivity contribution < 1.29 is 13.6 Å². The van der Waals surface area contributed by atoms with Crippen LogP contribution in [0.4, 0.5) is 8.78 Å². The number of nitrogens with one attached hydrogen (secondary N) is 1. The van der Waals surface area contributed by atoms with Crippen molar-refractivity contribution in [3.05, 3.63) is 29.6 Å². The van der Waals surface area contributed by atoms with Crippen LogP contribution in [0.25, 0.3) is 0 Å². The lowest BCUT2D eigenvalue weighted by atomic mass is 10.2. The van der Waals surface area contributed by atoms with Crippen molar-refractivity contribution in [3.8, 4) is 0 Å². The summed E-state index contributed by atoms with van der Waals surface area (Å²) in [6.45, 7) is 0.499. The van der Waals surface area contributed by atoms with Crippen LogP contribution in [0, 0.1) is 17.7 Å². The largest absolute Gasteiger partial charge is 0.352 e. The Morgan fingerprint density at radius 1 is 1.47 bits per heavy atom. The monoisotopic (exact) mass is 240 g/mol. The van der Waals surface area contributed by atoms with Crippen molar-refractivity contribution in [2.75, 3.05) is 6.54 Å². The molecule has 1 fully saturated rings. The minimum atomic E-state index is -1.24. The molecule has 2 rings (SSSR count). The molecule has 1 amide bonds. The van der Waals surface area contributed by atoms with Crippen LogP contribution in [0.2, 0.25) is 0 Å². The van der Waals surface area contributed by atoms with Crippen molar-refractivity contribution >= 4 is 5.91 Å². The highest BCUT2D eigenvalue weighted by atomic mass is 19.2. The number of carbonyl (C=O) groups excluding carboxylic acids is 1. The van der Waals surface area contributed by atoms with Gasteiger partial charge in [-0.2, -0.15) is 4.39 Å². The molecule has 1 N–H and O–H groups in total. The number of hydrogen-bond acceptors (Lipinski definition) is 2. The van der Waals surface area contributed by atoms with E-state index in [1.54, 1.807) is 0 Å². The van der Waals surface area contributed by atoms with Gasteiger partial charge in [-0.1, -0.05) is 12.8 Å². The molecule has 1 aromatic rings. The number of rotatable bonds is 5. The number of nitrogens with zero attached hydrogens (tertiary/aromatic N) is 1. The maximum absolute atomic E-state index is 13.2. The molecule has 3 nitrogen and oxygen atoms in total. The zero-order valence-electron chi connectivity index (χ0n) is 9.38. The van der Waals surface area contributed by atoms with E-state index in [4.69, 9.17) is 0 Å². The summed E-state index contributed by atoms with van der Waals surface area (Å²) >= 11 is 0. The second-order valence-corrected chi connectivity index (χ2v) is 4.30. The van der Waals surface area contributed by atoms with Crippen LogP contribution in [0.3, 0.4) is 0 Å². The lowest BCUT2D eigenvalue weighted by Crippen LogP contribution is -2.26. The van der Waals surface area contributed by atoms with Gasteiger partial charge in [-0.25, -0.2) is 9.37 Å². The number of pyridine rings is 1. The summed E-state index contributed by atoms with van der Waals surface area (Å²) in [6.07, 6.45) is 5.60. The Bertz CT molecular complexity index is 419. The zero-order chi connectivity index (χ0) is 12.3. The van der Waals surface area contributed by atoms with Gasteiger partial charge in [0.25, 0.3) is 5.91 Å². The number of carbonyl (C=O) groups is 1. The Morgan fingerprint density at radius 3 is 2.94 bits per heavy atom. The van der Waals surface area contributed by atoms with Crippen LogP contribution in [0.5, 0.6) is 0 Å². The maximum Gasteiger partial charge on any atom is 0.254 e. The fourth-order valence-corrected chi connectivity index (χ4v) is 1.69. The van der Waals surface area contributed by atoms with E-state index in [-0.39, 0.29) is 5.56 Å². The molecular weight excluding hydrogens is 226 g/mol. The molecule has 1 aliphatic carbocycles. The molecule has 0 bridgehead atoms. The summed E-state index contributed by atoms with van der Waals surface area (Å²) in [5.74, 6) is -2.20. The molecule has 0 spiro atoms. The van der Waals surface area contributed by atoms with Crippen molar-refractivity contribution in [2.45, 2.75) is 25.7 Å². The molecule has 92 valence electrons. The first-order chi connectivity index (χ1) is 8.18. The SMILES string of the molecule is O=C(NCCCC1CC1)c1ccnc(F)c1F. The number of aromatic nitrogens is 1. The van der Waals surface area contributed by atoms with E-state index in [9.17, 15) is 13.6 Å². The van der Waals surface area contributed by atoms with E-state index < -0.39 is 17.7 Å². The highest BCUT2D eigenvalue weighted by Gasteiger charge is 2.20. The van der Waals surface area contributed by atoms with Gasteiger partial charge in [0.05, 0.1) is 5.56 Å². The number of amides is 1. The lowest BCUT2D eigenvalue weighted by molar-refractivity contribution is 0.0947. The second kappa shape index (κ2) is 5.21. The van der Waals surface area contributed by atoms with Crippen LogP contribution >= 0.6 is 0 Å². The second-order valence-electron chi connectivity index (χ2n) is 4.30. The molecule has 1 aromatic heterocycles. The van der Waals surface area contributed by atoms with E-state index in [1.165, 1.54) is 18.9 Å². The Balaban J connectivity index is 1.83. The molecule has 0 radical (unpaired) electrons. The first kappa shape index (κ1) is 12.0. The van der Waals surface area contributed by atoms with E-state index >= 15 is 0 Å². The van der Waals surface area contributed by atoms with Crippen molar-refractivity contribution in [1.82, 2.24) is 10.3 Å². The molecule has 1 saturated carbocycles. The van der Waals surface area contributed by atoms with Crippen molar-refractivity contribution in [1.29, 1.82) is 0 Å². The van der Waals surface area contributed by atoms with Crippen LogP contribution < -0.4 is 5.32 Å². The minimum absolute atomic E-state index is 0.288. The Labute approximate surface area is 98.2 Å².